The topological polar surface area (TPSA) is 42.2 Å². The maximum absolute atomic E-state index is 5.41. The van der Waals surface area contributed by atoms with E-state index in [0.717, 1.165) is 24.7 Å². The van der Waals surface area contributed by atoms with Crippen molar-refractivity contribution in [1.82, 2.24) is 15.0 Å². The first-order valence-corrected chi connectivity index (χ1v) is 8.71. The minimum absolute atomic E-state index is 0.520. The van der Waals surface area contributed by atoms with Crippen LogP contribution in [0.15, 0.2) is 40.9 Å². The smallest absolute Gasteiger partial charge is 0.229 e. The molecule has 0 unspecified atom stereocenters. The van der Waals surface area contributed by atoms with Gasteiger partial charge in [0, 0.05) is 18.0 Å². The molecule has 2 atom stereocenters. The van der Waals surface area contributed by atoms with Crippen LogP contribution in [0.2, 0.25) is 0 Å². The largest absolute Gasteiger partial charge is 0.339 e. The maximum Gasteiger partial charge on any atom is 0.229 e. The molecule has 1 saturated carbocycles. The van der Waals surface area contributed by atoms with Crippen molar-refractivity contribution in [3.8, 4) is 0 Å². The number of benzene rings is 1. The van der Waals surface area contributed by atoms with Gasteiger partial charge in [0.15, 0.2) is 5.82 Å². The summed E-state index contributed by atoms with van der Waals surface area (Å²) in [5.41, 5.74) is 2.88. The van der Waals surface area contributed by atoms with Crippen molar-refractivity contribution < 1.29 is 4.52 Å². The third-order valence-corrected chi connectivity index (χ3v) is 5.42. The van der Waals surface area contributed by atoms with E-state index >= 15 is 0 Å². The Kier molecular flexibility index (Phi) is 3.11. The first kappa shape index (κ1) is 13.5. The van der Waals surface area contributed by atoms with Crippen LogP contribution in [0, 0.1) is 0 Å². The van der Waals surface area contributed by atoms with Crippen molar-refractivity contribution in [2.75, 3.05) is 0 Å². The lowest BCUT2D eigenvalue weighted by Gasteiger charge is -2.33. The molecule has 3 aliphatic rings. The van der Waals surface area contributed by atoms with Crippen LogP contribution in [0.5, 0.6) is 0 Å². The van der Waals surface area contributed by atoms with Gasteiger partial charge in [-0.2, -0.15) is 4.98 Å². The van der Waals surface area contributed by atoms with Gasteiger partial charge in [0.05, 0.1) is 6.54 Å². The summed E-state index contributed by atoms with van der Waals surface area (Å²) in [6, 6.07) is 11.9. The van der Waals surface area contributed by atoms with E-state index in [2.05, 4.69) is 51.4 Å². The minimum atomic E-state index is 0.520. The third kappa shape index (κ3) is 2.51. The van der Waals surface area contributed by atoms with Gasteiger partial charge in [0.25, 0.3) is 0 Å². The SMILES string of the molecule is C1=C(c2ccccc2)C[C@H]2CC[C@H]1N2Cc1noc(C2CC2)n1. The Morgan fingerprint density at radius 2 is 1.96 bits per heavy atom. The van der Waals surface area contributed by atoms with Crippen molar-refractivity contribution in [1.29, 1.82) is 0 Å². The Balaban J connectivity index is 1.35. The molecule has 1 aromatic heterocycles. The molecule has 0 radical (unpaired) electrons. The van der Waals surface area contributed by atoms with E-state index in [-0.39, 0.29) is 0 Å². The Morgan fingerprint density at radius 1 is 1.09 bits per heavy atom. The van der Waals surface area contributed by atoms with Gasteiger partial charge in [0.2, 0.25) is 5.89 Å². The van der Waals surface area contributed by atoms with Crippen molar-refractivity contribution in [3.63, 3.8) is 0 Å². The average molecular weight is 307 g/mol. The number of hydrogen-bond donors (Lipinski definition) is 0. The van der Waals surface area contributed by atoms with E-state index in [1.54, 1.807) is 0 Å². The van der Waals surface area contributed by atoms with Gasteiger partial charge < -0.3 is 4.52 Å². The van der Waals surface area contributed by atoms with Gasteiger partial charge in [-0.1, -0.05) is 41.6 Å². The molecule has 118 valence electrons. The molecule has 2 aromatic rings. The highest BCUT2D eigenvalue weighted by Crippen LogP contribution is 2.40. The second-order valence-electron chi connectivity index (χ2n) is 7.06. The number of rotatable bonds is 4. The zero-order chi connectivity index (χ0) is 15.2. The fourth-order valence-corrected chi connectivity index (χ4v) is 4.02. The Hall–Kier alpha value is -1.94. The fraction of sp³-hybridized carbons (Fsp3) is 0.474. The fourth-order valence-electron chi connectivity index (χ4n) is 4.02. The first-order chi connectivity index (χ1) is 11.4. The molecule has 0 N–H and O–H groups in total. The second-order valence-corrected chi connectivity index (χ2v) is 7.06. The van der Waals surface area contributed by atoms with Gasteiger partial charge in [0.1, 0.15) is 0 Å². The first-order valence-electron chi connectivity index (χ1n) is 8.71. The molecule has 3 heterocycles. The van der Waals surface area contributed by atoms with Crippen LogP contribution in [-0.4, -0.2) is 27.1 Å². The van der Waals surface area contributed by atoms with E-state index in [4.69, 9.17) is 4.52 Å². The molecule has 1 aliphatic carbocycles. The van der Waals surface area contributed by atoms with E-state index in [1.165, 1.54) is 36.8 Å². The molecular weight excluding hydrogens is 286 g/mol. The zero-order valence-corrected chi connectivity index (χ0v) is 13.2. The molecule has 0 spiro atoms. The predicted octanol–water partition coefficient (Wildman–Crippen LogP) is 3.77. The zero-order valence-electron chi connectivity index (χ0n) is 13.2. The Labute approximate surface area is 136 Å². The van der Waals surface area contributed by atoms with Crippen LogP contribution in [0.1, 0.15) is 55.3 Å². The Morgan fingerprint density at radius 3 is 2.74 bits per heavy atom. The molecule has 4 heteroatoms. The van der Waals surface area contributed by atoms with Gasteiger partial charge in [-0.3, -0.25) is 4.90 Å². The van der Waals surface area contributed by atoms with E-state index in [1.807, 2.05) is 0 Å². The van der Waals surface area contributed by atoms with Crippen LogP contribution in [-0.2, 0) is 6.54 Å². The molecule has 2 fully saturated rings. The molecule has 1 aromatic carbocycles. The second kappa shape index (κ2) is 5.31. The summed E-state index contributed by atoms with van der Waals surface area (Å²) >= 11 is 0. The standard InChI is InChI=1S/C19H21N3O/c1-2-4-13(5-3-1)15-10-16-8-9-17(11-15)22(16)12-18-20-19(23-21-18)14-6-7-14/h1-5,10,14,16-17H,6-9,11-12H2/t16-,17-/m1/s1. The highest BCUT2D eigenvalue weighted by Gasteiger charge is 2.38. The number of hydrogen-bond acceptors (Lipinski definition) is 4. The lowest BCUT2D eigenvalue weighted by Crippen LogP contribution is -2.38. The number of fused-ring (bicyclic) bond motifs is 2. The quantitative estimate of drug-likeness (QED) is 0.862. The molecule has 1 saturated heterocycles. The summed E-state index contributed by atoms with van der Waals surface area (Å²) in [7, 11) is 0. The average Bonchev–Trinajstić information content (AvgIpc) is 3.30. The highest BCUT2D eigenvalue weighted by molar-refractivity contribution is 5.68. The highest BCUT2D eigenvalue weighted by atomic mass is 16.5. The van der Waals surface area contributed by atoms with Crippen LogP contribution in [0.25, 0.3) is 5.57 Å². The van der Waals surface area contributed by atoms with Crippen molar-refractivity contribution in [3.05, 3.63) is 53.7 Å². The molecule has 4 nitrogen and oxygen atoms in total. The van der Waals surface area contributed by atoms with Crippen molar-refractivity contribution in [2.24, 2.45) is 0 Å². The lowest BCUT2D eigenvalue weighted by atomic mass is 9.95. The summed E-state index contributed by atoms with van der Waals surface area (Å²) < 4.78 is 5.41. The molecule has 0 amide bonds. The number of nitrogens with zero attached hydrogens (tertiary/aromatic N) is 3. The Bertz CT molecular complexity index is 732. The molecule has 23 heavy (non-hydrogen) atoms. The van der Waals surface area contributed by atoms with Crippen LogP contribution >= 0.6 is 0 Å². The van der Waals surface area contributed by atoms with E-state index in [0.29, 0.717) is 18.0 Å². The summed E-state index contributed by atoms with van der Waals surface area (Å²) in [5, 5.41) is 4.20. The molecule has 5 rings (SSSR count). The van der Waals surface area contributed by atoms with Gasteiger partial charge >= 0.3 is 0 Å². The van der Waals surface area contributed by atoms with Gasteiger partial charge in [-0.15, -0.1) is 0 Å². The van der Waals surface area contributed by atoms with Crippen LogP contribution in [0.4, 0.5) is 0 Å². The summed E-state index contributed by atoms with van der Waals surface area (Å²) in [6.07, 6.45) is 8.52. The molecular formula is C19H21N3O. The van der Waals surface area contributed by atoms with Crippen molar-refractivity contribution >= 4 is 5.57 Å². The van der Waals surface area contributed by atoms with Gasteiger partial charge in [-0.05, 0) is 43.2 Å². The monoisotopic (exact) mass is 307 g/mol. The number of aromatic nitrogens is 2. The minimum Gasteiger partial charge on any atom is -0.339 e. The van der Waals surface area contributed by atoms with E-state index in [9.17, 15) is 0 Å². The predicted molar refractivity (Wildman–Crippen MR) is 87.7 cm³/mol. The maximum atomic E-state index is 5.41. The summed E-state index contributed by atoms with van der Waals surface area (Å²) in [6.45, 7) is 0.824. The normalized spacial score (nSPS) is 27.2. The van der Waals surface area contributed by atoms with Crippen molar-refractivity contribution in [2.45, 2.75) is 56.7 Å². The summed E-state index contributed by atoms with van der Waals surface area (Å²) in [4.78, 5) is 7.16. The van der Waals surface area contributed by atoms with Gasteiger partial charge in [-0.25, -0.2) is 0 Å². The van der Waals surface area contributed by atoms with Crippen LogP contribution < -0.4 is 0 Å². The molecule has 2 aliphatic heterocycles. The third-order valence-electron chi connectivity index (χ3n) is 5.42. The van der Waals surface area contributed by atoms with E-state index < -0.39 is 0 Å². The molecule has 2 bridgehead atoms. The van der Waals surface area contributed by atoms with Crippen LogP contribution in [0.3, 0.4) is 0 Å². The lowest BCUT2D eigenvalue weighted by molar-refractivity contribution is 0.195. The summed E-state index contributed by atoms with van der Waals surface area (Å²) in [5.74, 6) is 2.25.